The lowest BCUT2D eigenvalue weighted by molar-refractivity contribution is -0.231. The Kier molecular flexibility index (Phi) is 7.63. The highest BCUT2D eigenvalue weighted by Crippen LogP contribution is 2.40. The van der Waals surface area contributed by atoms with Gasteiger partial charge >= 0.3 is 0 Å². The Morgan fingerprint density at radius 3 is 2.34 bits per heavy atom. The number of carbonyl (C=O) groups excluding carboxylic acids is 1. The fraction of sp³-hybridized carbons (Fsp3) is 0.536. The molecule has 35 heavy (non-hydrogen) atoms. The smallest absolute Gasteiger partial charge is 0.252 e. The van der Waals surface area contributed by atoms with E-state index < -0.39 is 5.79 Å². The normalized spacial score (nSPS) is 21.3. The maximum Gasteiger partial charge on any atom is 0.252 e. The number of hydrogen-bond donors (Lipinski definition) is 1. The number of piperidine rings is 1. The van der Waals surface area contributed by atoms with Crippen molar-refractivity contribution in [3.8, 4) is 16.9 Å². The summed E-state index contributed by atoms with van der Waals surface area (Å²) in [6, 6.07) is 12.5. The standard InChI is InChI=1S/C24H27ClN2O3.C4H8O/c1-26-23(28)20-7-5-17(14-21(20)25)16-6-8-22-18(13-16)15-29-24(30-22)9-11-27(12-10-24)19-3-2-4-19;1-2-4-5-3-1/h5-8,13-14,19H,2-4,9-12,15H2,1H3,(H,26,28);1-4H2. The number of benzene rings is 2. The second-order valence-corrected chi connectivity index (χ2v) is 10.2. The average Bonchev–Trinajstić information content (AvgIpc) is 3.44. The van der Waals surface area contributed by atoms with E-state index in [0.29, 0.717) is 17.2 Å². The van der Waals surface area contributed by atoms with Crippen LogP contribution in [0.2, 0.25) is 5.02 Å². The molecule has 3 aliphatic heterocycles. The van der Waals surface area contributed by atoms with Crippen LogP contribution in [0.15, 0.2) is 36.4 Å². The van der Waals surface area contributed by atoms with Gasteiger partial charge in [0, 0.05) is 57.8 Å². The highest BCUT2D eigenvalue weighted by Gasteiger charge is 2.42. The Labute approximate surface area is 212 Å². The van der Waals surface area contributed by atoms with E-state index in [1.807, 2.05) is 24.3 Å². The monoisotopic (exact) mass is 498 g/mol. The molecule has 0 radical (unpaired) electrons. The molecule has 0 atom stereocenters. The highest BCUT2D eigenvalue weighted by atomic mass is 35.5. The second kappa shape index (κ2) is 10.9. The summed E-state index contributed by atoms with van der Waals surface area (Å²) < 4.78 is 17.6. The van der Waals surface area contributed by atoms with Crippen molar-refractivity contribution in [3.05, 3.63) is 52.5 Å². The third kappa shape index (κ3) is 5.51. The van der Waals surface area contributed by atoms with Gasteiger partial charge in [0.1, 0.15) is 5.75 Å². The topological polar surface area (TPSA) is 60.0 Å². The molecule has 0 bridgehead atoms. The van der Waals surface area contributed by atoms with Crippen LogP contribution in [0, 0.1) is 0 Å². The van der Waals surface area contributed by atoms with Gasteiger partial charge in [-0.3, -0.25) is 9.69 Å². The lowest BCUT2D eigenvalue weighted by atomic mass is 9.89. The van der Waals surface area contributed by atoms with Crippen LogP contribution in [-0.2, 0) is 16.1 Å². The maximum atomic E-state index is 11.9. The molecule has 1 spiro atoms. The van der Waals surface area contributed by atoms with Crippen molar-refractivity contribution in [2.24, 2.45) is 0 Å². The summed E-state index contributed by atoms with van der Waals surface area (Å²) in [7, 11) is 1.60. The summed E-state index contributed by atoms with van der Waals surface area (Å²) >= 11 is 6.33. The Morgan fingerprint density at radius 1 is 1.03 bits per heavy atom. The number of fused-ring (bicyclic) bond motifs is 1. The number of carbonyl (C=O) groups is 1. The summed E-state index contributed by atoms with van der Waals surface area (Å²) in [5, 5.41) is 3.05. The van der Waals surface area contributed by atoms with Crippen LogP contribution >= 0.6 is 11.6 Å². The van der Waals surface area contributed by atoms with Gasteiger partial charge in [-0.15, -0.1) is 0 Å². The third-order valence-corrected chi connectivity index (χ3v) is 7.91. The maximum absolute atomic E-state index is 11.9. The molecular formula is C28H35ClN2O4. The lowest BCUT2D eigenvalue weighted by Gasteiger charge is -2.47. The number of amides is 1. The van der Waals surface area contributed by atoms with Crippen molar-refractivity contribution in [1.82, 2.24) is 10.2 Å². The van der Waals surface area contributed by atoms with E-state index in [2.05, 4.69) is 16.3 Å². The predicted octanol–water partition coefficient (Wildman–Crippen LogP) is 5.42. The first kappa shape index (κ1) is 24.6. The van der Waals surface area contributed by atoms with Crippen molar-refractivity contribution < 1.29 is 19.0 Å². The molecule has 1 N–H and O–H groups in total. The Bertz CT molecular complexity index is 1040. The molecule has 2 saturated heterocycles. The minimum atomic E-state index is -0.479. The van der Waals surface area contributed by atoms with Gasteiger partial charge in [0.25, 0.3) is 5.91 Å². The van der Waals surface area contributed by atoms with Crippen molar-refractivity contribution in [2.75, 3.05) is 33.4 Å². The van der Waals surface area contributed by atoms with Crippen molar-refractivity contribution in [2.45, 2.75) is 63.4 Å². The van der Waals surface area contributed by atoms with Crippen LogP contribution < -0.4 is 10.1 Å². The molecule has 0 aromatic heterocycles. The van der Waals surface area contributed by atoms with Gasteiger partial charge in [0.2, 0.25) is 5.79 Å². The predicted molar refractivity (Wildman–Crippen MR) is 137 cm³/mol. The quantitative estimate of drug-likeness (QED) is 0.612. The molecular weight excluding hydrogens is 464 g/mol. The molecule has 4 aliphatic rings. The zero-order valence-electron chi connectivity index (χ0n) is 20.5. The molecule has 6 nitrogen and oxygen atoms in total. The van der Waals surface area contributed by atoms with Crippen LogP contribution in [0.4, 0.5) is 0 Å². The van der Waals surface area contributed by atoms with E-state index >= 15 is 0 Å². The van der Waals surface area contributed by atoms with Gasteiger partial charge in [0.05, 0.1) is 17.2 Å². The fourth-order valence-electron chi connectivity index (χ4n) is 5.16. The SMILES string of the molecule is C1CCOC1.CNC(=O)c1ccc(-c2ccc3c(c2)COC2(CCN(C4CCC4)CC2)O3)cc1Cl. The van der Waals surface area contributed by atoms with E-state index in [9.17, 15) is 4.79 Å². The van der Waals surface area contributed by atoms with Gasteiger partial charge < -0.3 is 19.5 Å². The summed E-state index contributed by atoms with van der Waals surface area (Å²) in [5.41, 5.74) is 3.51. The largest absolute Gasteiger partial charge is 0.462 e. The molecule has 3 heterocycles. The Morgan fingerprint density at radius 2 is 1.74 bits per heavy atom. The van der Waals surface area contributed by atoms with Crippen molar-refractivity contribution >= 4 is 17.5 Å². The van der Waals surface area contributed by atoms with E-state index in [4.69, 9.17) is 25.8 Å². The number of ether oxygens (including phenoxy) is 3. The van der Waals surface area contributed by atoms with Gasteiger partial charge in [-0.2, -0.15) is 0 Å². The van der Waals surface area contributed by atoms with E-state index in [0.717, 1.165) is 67.6 Å². The number of rotatable bonds is 3. The van der Waals surface area contributed by atoms with Gasteiger partial charge in [0.15, 0.2) is 0 Å². The molecule has 0 unspecified atom stereocenters. The van der Waals surface area contributed by atoms with E-state index in [1.54, 1.807) is 13.1 Å². The molecule has 6 rings (SSSR count). The molecule has 1 saturated carbocycles. The average molecular weight is 499 g/mol. The van der Waals surface area contributed by atoms with Gasteiger partial charge in [-0.1, -0.05) is 30.2 Å². The van der Waals surface area contributed by atoms with Crippen LogP contribution in [0.5, 0.6) is 5.75 Å². The minimum Gasteiger partial charge on any atom is -0.462 e. The van der Waals surface area contributed by atoms with Crippen LogP contribution in [0.25, 0.3) is 11.1 Å². The highest BCUT2D eigenvalue weighted by molar-refractivity contribution is 6.34. The van der Waals surface area contributed by atoms with Crippen LogP contribution in [-0.4, -0.2) is 56.0 Å². The summed E-state index contributed by atoms with van der Waals surface area (Å²) in [5.74, 6) is 0.246. The molecule has 2 aromatic rings. The molecule has 1 aliphatic carbocycles. The molecule has 3 fully saturated rings. The van der Waals surface area contributed by atoms with Gasteiger partial charge in [-0.25, -0.2) is 0 Å². The van der Waals surface area contributed by atoms with Gasteiger partial charge in [-0.05, 0) is 61.1 Å². The fourth-order valence-corrected chi connectivity index (χ4v) is 5.43. The lowest BCUT2D eigenvalue weighted by Crippen LogP contribution is -2.54. The number of nitrogens with zero attached hydrogens (tertiary/aromatic N) is 1. The Balaban J connectivity index is 0.000000453. The minimum absolute atomic E-state index is 0.188. The van der Waals surface area contributed by atoms with Crippen LogP contribution in [0.3, 0.4) is 0 Å². The molecule has 7 heteroatoms. The third-order valence-electron chi connectivity index (χ3n) is 7.60. The first-order valence-corrected chi connectivity index (χ1v) is 13.2. The second-order valence-electron chi connectivity index (χ2n) is 9.84. The summed E-state index contributed by atoms with van der Waals surface area (Å²) in [4.78, 5) is 14.5. The molecule has 2 aromatic carbocycles. The summed E-state index contributed by atoms with van der Waals surface area (Å²) in [6.45, 7) is 4.65. The Hall–Kier alpha value is -2.12. The number of halogens is 1. The first-order valence-electron chi connectivity index (χ1n) is 12.9. The molecule has 1 amide bonds. The van der Waals surface area contributed by atoms with Crippen LogP contribution in [0.1, 0.15) is 60.9 Å². The van der Waals surface area contributed by atoms with Crippen molar-refractivity contribution in [3.63, 3.8) is 0 Å². The molecule has 188 valence electrons. The zero-order chi connectivity index (χ0) is 24.3. The van der Waals surface area contributed by atoms with Crippen molar-refractivity contribution in [1.29, 1.82) is 0 Å². The number of hydrogen-bond acceptors (Lipinski definition) is 5. The number of nitrogens with one attached hydrogen (secondary N) is 1. The zero-order valence-corrected chi connectivity index (χ0v) is 21.2. The number of likely N-dealkylation sites (tertiary alicyclic amines) is 1. The van der Waals surface area contributed by atoms with E-state index in [-0.39, 0.29) is 5.91 Å². The first-order chi connectivity index (χ1) is 17.1. The van der Waals surface area contributed by atoms with E-state index in [1.165, 1.54) is 32.1 Å². The summed E-state index contributed by atoms with van der Waals surface area (Å²) in [6.07, 6.45) is 8.44.